The summed E-state index contributed by atoms with van der Waals surface area (Å²) in [6.07, 6.45) is 1.02. The van der Waals surface area contributed by atoms with Crippen LogP contribution >= 0.6 is 0 Å². The average molecular weight is 370 g/mol. The minimum atomic E-state index is -0.0207. The Balaban J connectivity index is 2.02. The van der Waals surface area contributed by atoms with Crippen LogP contribution in [0.15, 0.2) is 66.7 Å². The number of nitrogens with zero attached hydrogens (tertiary/aromatic N) is 1. The lowest BCUT2D eigenvalue weighted by molar-refractivity contribution is 0.558. The molecule has 1 aliphatic carbocycles. The number of para-hydroxylation sites is 1. The third kappa shape index (κ3) is 2.76. The molecule has 0 radical (unpaired) electrons. The van der Waals surface area contributed by atoms with Crippen molar-refractivity contribution in [3.05, 3.63) is 83.4 Å². The monoisotopic (exact) mass is 369 g/mol. The maximum absolute atomic E-state index is 2.50. The Labute approximate surface area is 170 Å². The number of hydrogen-bond acceptors (Lipinski definition) is 1. The summed E-state index contributed by atoms with van der Waals surface area (Å²) in [5.74, 6) is 0. The molecule has 0 heterocycles. The second-order valence-corrected chi connectivity index (χ2v) is 9.35. The van der Waals surface area contributed by atoms with Crippen LogP contribution in [-0.4, -0.2) is 5.54 Å². The van der Waals surface area contributed by atoms with E-state index in [0.717, 1.165) is 6.42 Å². The van der Waals surface area contributed by atoms with E-state index in [0.29, 0.717) is 0 Å². The van der Waals surface area contributed by atoms with E-state index in [1.165, 1.54) is 39.2 Å². The zero-order chi connectivity index (χ0) is 20.1. The number of hydrogen-bond donors (Lipinski definition) is 0. The standard InChI is InChI=1S/C27H31N/c1-7-20-24(28(26(2,3)4)19-13-9-8-10-14-19)18-17-23-25(20)21-15-11-12-16-22(21)27(23,5)6/h8-18H,7H2,1-6H3. The van der Waals surface area contributed by atoms with Crippen molar-refractivity contribution in [2.45, 2.75) is 58.9 Å². The molecule has 0 saturated carbocycles. The van der Waals surface area contributed by atoms with E-state index in [1.807, 2.05) is 0 Å². The highest BCUT2D eigenvalue weighted by molar-refractivity contribution is 5.88. The van der Waals surface area contributed by atoms with Crippen molar-refractivity contribution < 1.29 is 0 Å². The molecule has 3 aromatic carbocycles. The van der Waals surface area contributed by atoms with Crippen molar-refractivity contribution in [1.82, 2.24) is 0 Å². The molecule has 144 valence electrons. The van der Waals surface area contributed by atoms with Gasteiger partial charge in [0, 0.05) is 22.3 Å². The van der Waals surface area contributed by atoms with E-state index in [9.17, 15) is 0 Å². The second-order valence-electron chi connectivity index (χ2n) is 9.35. The molecule has 4 rings (SSSR count). The Hall–Kier alpha value is -2.54. The highest BCUT2D eigenvalue weighted by Gasteiger charge is 2.38. The Morgan fingerprint density at radius 1 is 0.786 bits per heavy atom. The molecule has 0 aliphatic heterocycles. The van der Waals surface area contributed by atoms with Crippen molar-refractivity contribution in [1.29, 1.82) is 0 Å². The van der Waals surface area contributed by atoms with Gasteiger partial charge in [0.2, 0.25) is 0 Å². The minimum absolute atomic E-state index is 0.0207. The van der Waals surface area contributed by atoms with Crippen molar-refractivity contribution in [3.8, 4) is 11.1 Å². The van der Waals surface area contributed by atoms with Crippen LogP contribution in [0.3, 0.4) is 0 Å². The largest absolute Gasteiger partial charge is 0.336 e. The first-order valence-electron chi connectivity index (χ1n) is 10.4. The van der Waals surface area contributed by atoms with Crippen molar-refractivity contribution in [3.63, 3.8) is 0 Å². The van der Waals surface area contributed by atoms with Crippen molar-refractivity contribution >= 4 is 11.4 Å². The molecule has 0 fully saturated rings. The smallest absolute Gasteiger partial charge is 0.0454 e. The first kappa shape index (κ1) is 18.8. The minimum Gasteiger partial charge on any atom is -0.336 e. The van der Waals surface area contributed by atoms with Crippen LogP contribution < -0.4 is 4.90 Å². The molecule has 1 aliphatic rings. The topological polar surface area (TPSA) is 3.24 Å². The third-order valence-electron chi connectivity index (χ3n) is 6.11. The first-order chi connectivity index (χ1) is 13.3. The van der Waals surface area contributed by atoms with Crippen LogP contribution in [0.25, 0.3) is 11.1 Å². The Bertz CT molecular complexity index is 1010. The summed E-state index contributed by atoms with van der Waals surface area (Å²) in [6, 6.07) is 24.5. The molecule has 0 amide bonds. The summed E-state index contributed by atoms with van der Waals surface area (Å²) < 4.78 is 0. The zero-order valence-electron chi connectivity index (χ0n) is 18.0. The Kier molecular flexibility index (Phi) is 4.38. The van der Waals surface area contributed by atoms with E-state index in [-0.39, 0.29) is 11.0 Å². The summed E-state index contributed by atoms with van der Waals surface area (Å²) in [5.41, 5.74) is 9.81. The molecule has 0 N–H and O–H groups in total. The van der Waals surface area contributed by atoms with Gasteiger partial charge in [-0.05, 0) is 73.2 Å². The van der Waals surface area contributed by atoms with Crippen LogP contribution in [-0.2, 0) is 11.8 Å². The van der Waals surface area contributed by atoms with E-state index < -0.39 is 0 Å². The van der Waals surface area contributed by atoms with Gasteiger partial charge in [0.05, 0.1) is 0 Å². The molecular formula is C27H31N. The molecule has 1 heteroatoms. The lowest BCUT2D eigenvalue weighted by Gasteiger charge is -2.39. The van der Waals surface area contributed by atoms with Gasteiger partial charge in [-0.1, -0.05) is 69.3 Å². The number of benzene rings is 3. The van der Waals surface area contributed by atoms with E-state index in [4.69, 9.17) is 0 Å². The predicted octanol–water partition coefficient (Wildman–Crippen LogP) is 7.49. The fourth-order valence-electron chi connectivity index (χ4n) is 4.89. The molecule has 1 nitrogen and oxygen atoms in total. The SMILES string of the molecule is CCc1c(N(c2ccccc2)C(C)(C)C)ccc2c1-c1ccccc1C2(C)C. The molecule has 0 atom stereocenters. The van der Waals surface area contributed by atoms with Gasteiger partial charge >= 0.3 is 0 Å². The van der Waals surface area contributed by atoms with Gasteiger partial charge in [-0.25, -0.2) is 0 Å². The molecule has 0 bridgehead atoms. The van der Waals surface area contributed by atoms with Crippen LogP contribution in [0.1, 0.15) is 58.2 Å². The molecule has 3 aromatic rings. The van der Waals surface area contributed by atoms with Gasteiger partial charge in [0.15, 0.2) is 0 Å². The van der Waals surface area contributed by atoms with E-state index in [2.05, 4.69) is 113 Å². The summed E-state index contributed by atoms with van der Waals surface area (Å²) in [7, 11) is 0. The third-order valence-corrected chi connectivity index (χ3v) is 6.11. The molecule has 0 aromatic heterocycles. The normalized spacial score (nSPS) is 14.5. The number of fused-ring (bicyclic) bond motifs is 3. The van der Waals surface area contributed by atoms with E-state index in [1.54, 1.807) is 0 Å². The molecule has 28 heavy (non-hydrogen) atoms. The molecule has 0 spiro atoms. The summed E-state index contributed by atoms with van der Waals surface area (Å²) in [6.45, 7) is 13.9. The molecule has 0 unspecified atom stereocenters. The predicted molar refractivity (Wildman–Crippen MR) is 122 cm³/mol. The number of rotatable bonds is 3. The summed E-state index contributed by atoms with van der Waals surface area (Å²) >= 11 is 0. The van der Waals surface area contributed by atoms with Gasteiger partial charge in [0.1, 0.15) is 0 Å². The van der Waals surface area contributed by atoms with Gasteiger partial charge in [-0.3, -0.25) is 0 Å². The van der Waals surface area contributed by atoms with Crippen LogP contribution in [0.2, 0.25) is 0 Å². The van der Waals surface area contributed by atoms with E-state index >= 15 is 0 Å². The fourth-order valence-corrected chi connectivity index (χ4v) is 4.89. The highest BCUT2D eigenvalue weighted by Crippen LogP contribution is 2.52. The average Bonchev–Trinajstić information content (AvgIpc) is 2.89. The van der Waals surface area contributed by atoms with Crippen molar-refractivity contribution in [2.75, 3.05) is 4.90 Å². The lowest BCUT2D eigenvalue weighted by atomic mass is 9.82. The quantitative estimate of drug-likeness (QED) is 0.462. The highest BCUT2D eigenvalue weighted by atomic mass is 15.2. The van der Waals surface area contributed by atoms with Crippen LogP contribution in [0.4, 0.5) is 11.4 Å². The lowest BCUT2D eigenvalue weighted by Crippen LogP contribution is -2.38. The van der Waals surface area contributed by atoms with Gasteiger partial charge < -0.3 is 4.90 Å². The van der Waals surface area contributed by atoms with Gasteiger partial charge in [-0.2, -0.15) is 0 Å². The zero-order valence-corrected chi connectivity index (χ0v) is 18.0. The summed E-state index contributed by atoms with van der Waals surface area (Å²) in [4.78, 5) is 2.50. The molecule has 0 saturated heterocycles. The number of anilines is 2. The first-order valence-corrected chi connectivity index (χ1v) is 10.4. The summed E-state index contributed by atoms with van der Waals surface area (Å²) in [5, 5.41) is 0. The van der Waals surface area contributed by atoms with Crippen molar-refractivity contribution in [2.24, 2.45) is 0 Å². The van der Waals surface area contributed by atoms with Crippen LogP contribution in [0.5, 0.6) is 0 Å². The fraction of sp³-hybridized carbons (Fsp3) is 0.333. The maximum atomic E-state index is 2.50. The molecular weight excluding hydrogens is 338 g/mol. The van der Waals surface area contributed by atoms with Crippen LogP contribution in [0, 0.1) is 0 Å². The maximum Gasteiger partial charge on any atom is 0.0454 e. The Morgan fingerprint density at radius 3 is 2.07 bits per heavy atom. The Morgan fingerprint density at radius 2 is 1.43 bits per heavy atom. The van der Waals surface area contributed by atoms with Gasteiger partial charge in [0.25, 0.3) is 0 Å². The second kappa shape index (κ2) is 6.51. The van der Waals surface area contributed by atoms with Gasteiger partial charge in [-0.15, -0.1) is 0 Å².